The van der Waals surface area contributed by atoms with Gasteiger partial charge in [-0.15, -0.1) is 0 Å². The Morgan fingerprint density at radius 1 is 1.37 bits per heavy atom. The average Bonchev–Trinajstić information content (AvgIpc) is 3.22. The van der Waals surface area contributed by atoms with Gasteiger partial charge in [0.1, 0.15) is 21.8 Å². The van der Waals surface area contributed by atoms with Gasteiger partial charge in [-0.1, -0.05) is 12.6 Å². The van der Waals surface area contributed by atoms with Gasteiger partial charge in [-0.25, -0.2) is 0 Å². The van der Waals surface area contributed by atoms with Crippen LogP contribution in [0, 0.1) is 5.92 Å². The number of fused-ring (bicyclic) bond motifs is 1. The highest BCUT2D eigenvalue weighted by atomic mass is 32.1. The molecule has 1 aromatic carbocycles. The molecular formula is C22H25N5O2S. The fourth-order valence-corrected chi connectivity index (χ4v) is 4.73. The molecule has 30 heavy (non-hydrogen) atoms. The molecule has 0 saturated carbocycles. The summed E-state index contributed by atoms with van der Waals surface area (Å²) in [5.41, 5.74) is 10.5. The van der Waals surface area contributed by atoms with Gasteiger partial charge in [0.05, 0.1) is 12.8 Å². The van der Waals surface area contributed by atoms with Crippen LogP contribution < -0.4 is 20.7 Å². The van der Waals surface area contributed by atoms with E-state index in [1.54, 1.807) is 7.11 Å². The molecule has 3 N–H and O–H groups in total. The molecule has 1 fully saturated rings. The third-order valence-corrected chi connectivity index (χ3v) is 6.44. The van der Waals surface area contributed by atoms with Crippen LogP contribution in [0.15, 0.2) is 43.1 Å². The quantitative estimate of drug-likeness (QED) is 0.466. The van der Waals surface area contributed by atoms with Crippen LogP contribution in [-0.2, 0) is 4.79 Å². The molecule has 0 unspecified atom stereocenters. The molecule has 1 amide bonds. The molecule has 0 spiro atoms. The Bertz CT molecular complexity index is 1070. The number of piperidine rings is 1. The number of hydrogen-bond donors (Lipinski definition) is 2. The summed E-state index contributed by atoms with van der Waals surface area (Å²) in [6.45, 7) is 6.04. The maximum atomic E-state index is 11.4. The van der Waals surface area contributed by atoms with Crippen molar-refractivity contribution in [1.29, 1.82) is 0 Å². The van der Waals surface area contributed by atoms with Gasteiger partial charge in [-0.05, 0) is 60.1 Å². The van der Waals surface area contributed by atoms with Gasteiger partial charge >= 0.3 is 0 Å². The first-order chi connectivity index (χ1) is 14.6. The van der Waals surface area contributed by atoms with Crippen molar-refractivity contribution in [1.82, 2.24) is 14.7 Å². The Labute approximate surface area is 179 Å². The van der Waals surface area contributed by atoms with E-state index in [2.05, 4.69) is 21.8 Å². The van der Waals surface area contributed by atoms with Crippen LogP contribution in [0.5, 0.6) is 5.75 Å². The fraction of sp³-hybridized carbons (Fsp3) is 0.318. The van der Waals surface area contributed by atoms with Gasteiger partial charge in [0.25, 0.3) is 0 Å². The summed E-state index contributed by atoms with van der Waals surface area (Å²) in [6, 6.07) is 7.75. The molecule has 1 saturated heterocycles. The summed E-state index contributed by atoms with van der Waals surface area (Å²) in [5, 5.41) is 4.00. The van der Waals surface area contributed by atoms with Crippen LogP contribution in [0.3, 0.4) is 0 Å². The minimum Gasteiger partial charge on any atom is -0.495 e. The summed E-state index contributed by atoms with van der Waals surface area (Å²) in [5.74, 6) is 1.03. The van der Waals surface area contributed by atoms with Crippen molar-refractivity contribution >= 4 is 39.2 Å². The largest absolute Gasteiger partial charge is 0.495 e. The highest BCUT2D eigenvalue weighted by Crippen LogP contribution is 2.38. The Hall–Kier alpha value is -3.13. The predicted molar refractivity (Wildman–Crippen MR) is 122 cm³/mol. The van der Waals surface area contributed by atoms with Crippen molar-refractivity contribution in [2.24, 2.45) is 5.92 Å². The van der Waals surface area contributed by atoms with E-state index >= 15 is 0 Å². The van der Waals surface area contributed by atoms with Crippen molar-refractivity contribution in [3.63, 3.8) is 0 Å². The Kier molecular flexibility index (Phi) is 5.85. The lowest BCUT2D eigenvalue weighted by molar-refractivity contribution is -0.116. The topological polar surface area (TPSA) is 93.4 Å². The Morgan fingerprint density at radius 2 is 2.17 bits per heavy atom. The lowest BCUT2D eigenvalue weighted by Crippen LogP contribution is -2.38. The summed E-state index contributed by atoms with van der Waals surface area (Å²) in [7, 11) is 1.61. The third-order valence-electron chi connectivity index (χ3n) is 5.54. The van der Waals surface area contributed by atoms with Crippen molar-refractivity contribution in [3.05, 3.63) is 43.1 Å². The van der Waals surface area contributed by atoms with E-state index in [4.69, 9.17) is 14.8 Å². The van der Waals surface area contributed by atoms with E-state index in [0.717, 1.165) is 53.1 Å². The Morgan fingerprint density at radius 3 is 2.87 bits per heavy atom. The second-order valence-electron chi connectivity index (χ2n) is 7.38. The lowest BCUT2D eigenvalue weighted by Gasteiger charge is -2.32. The van der Waals surface area contributed by atoms with Crippen molar-refractivity contribution in [3.8, 4) is 16.9 Å². The second kappa shape index (κ2) is 8.71. The van der Waals surface area contributed by atoms with Gasteiger partial charge < -0.3 is 20.7 Å². The highest BCUT2D eigenvalue weighted by Gasteiger charge is 2.24. The number of anilines is 2. The van der Waals surface area contributed by atoms with E-state index in [1.807, 2.05) is 30.5 Å². The summed E-state index contributed by atoms with van der Waals surface area (Å²) < 4.78 is 10.00. The Balaban J connectivity index is 1.54. The number of ether oxygens (including phenoxy) is 1. The zero-order chi connectivity index (χ0) is 21.1. The number of amides is 1. The number of pyridine rings is 1. The summed E-state index contributed by atoms with van der Waals surface area (Å²) >= 11 is 1.49. The number of carbonyl (C=O) groups is 1. The maximum absolute atomic E-state index is 11.4. The SMILES string of the molecule is C=CC(=O)NCC1CCN(c2snc3c(-c4ccc(OC)c(N)c4)ccnc23)CC1. The second-order valence-corrected chi connectivity index (χ2v) is 8.13. The first-order valence-electron chi connectivity index (χ1n) is 9.94. The molecule has 0 atom stereocenters. The molecule has 2 aromatic heterocycles. The van der Waals surface area contributed by atoms with E-state index in [1.165, 1.54) is 17.6 Å². The summed E-state index contributed by atoms with van der Waals surface area (Å²) in [6.07, 6.45) is 5.18. The monoisotopic (exact) mass is 423 g/mol. The number of nitrogens with two attached hydrogens (primary N) is 1. The van der Waals surface area contributed by atoms with E-state index in [9.17, 15) is 4.79 Å². The van der Waals surface area contributed by atoms with Crippen molar-refractivity contribution < 1.29 is 9.53 Å². The predicted octanol–water partition coefficient (Wildman–Crippen LogP) is 3.47. The number of nitrogen functional groups attached to an aromatic ring is 1. The lowest BCUT2D eigenvalue weighted by atomic mass is 9.97. The normalized spacial score (nSPS) is 14.6. The van der Waals surface area contributed by atoms with Crippen LogP contribution in [-0.4, -0.2) is 42.0 Å². The first-order valence-corrected chi connectivity index (χ1v) is 10.7. The van der Waals surface area contributed by atoms with Crippen LogP contribution in [0.4, 0.5) is 10.7 Å². The molecule has 4 rings (SSSR count). The minimum atomic E-state index is -0.109. The van der Waals surface area contributed by atoms with Gasteiger partial charge in [-0.3, -0.25) is 9.78 Å². The number of rotatable bonds is 6. The van der Waals surface area contributed by atoms with Crippen LogP contribution >= 0.6 is 11.5 Å². The molecule has 8 heteroatoms. The summed E-state index contributed by atoms with van der Waals surface area (Å²) in [4.78, 5) is 18.4. The smallest absolute Gasteiger partial charge is 0.243 e. The van der Waals surface area contributed by atoms with Crippen molar-refractivity contribution in [2.75, 3.05) is 37.4 Å². The molecule has 7 nitrogen and oxygen atoms in total. The molecule has 0 bridgehead atoms. The number of hydrogen-bond acceptors (Lipinski definition) is 7. The van der Waals surface area contributed by atoms with Gasteiger partial charge in [0.15, 0.2) is 0 Å². The van der Waals surface area contributed by atoms with Gasteiger partial charge in [0.2, 0.25) is 5.91 Å². The fourth-order valence-electron chi connectivity index (χ4n) is 3.83. The van der Waals surface area contributed by atoms with E-state index < -0.39 is 0 Å². The molecule has 3 aromatic rings. The number of benzene rings is 1. The van der Waals surface area contributed by atoms with Crippen LogP contribution in [0.25, 0.3) is 22.2 Å². The van der Waals surface area contributed by atoms with E-state index in [-0.39, 0.29) is 5.91 Å². The number of methoxy groups -OCH3 is 1. The standard InChI is InChI=1S/C22H25N5O2S/c1-3-19(28)25-13-14-7-10-27(11-8-14)22-21-20(26-30-22)16(6-9-24-21)15-4-5-18(29-2)17(23)12-15/h3-6,9,12,14H,1,7-8,10-11,13,23H2,2H3,(H,25,28). The number of carbonyl (C=O) groups excluding carboxylic acids is 1. The zero-order valence-electron chi connectivity index (χ0n) is 16.9. The molecule has 0 radical (unpaired) electrons. The molecule has 1 aliphatic rings. The number of nitrogens with zero attached hydrogens (tertiary/aromatic N) is 3. The van der Waals surface area contributed by atoms with Gasteiger partial charge in [0, 0.05) is 31.4 Å². The average molecular weight is 424 g/mol. The molecule has 1 aliphatic heterocycles. The number of nitrogens with one attached hydrogen (secondary N) is 1. The van der Waals surface area contributed by atoms with Crippen LogP contribution in [0.1, 0.15) is 12.8 Å². The van der Waals surface area contributed by atoms with Gasteiger partial charge in [-0.2, -0.15) is 4.37 Å². The first kappa shape index (κ1) is 20.2. The van der Waals surface area contributed by atoms with Crippen molar-refractivity contribution in [2.45, 2.75) is 12.8 Å². The molecule has 0 aliphatic carbocycles. The molecular weight excluding hydrogens is 398 g/mol. The third kappa shape index (κ3) is 3.95. The van der Waals surface area contributed by atoms with E-state index in [0.29, 0.717) is 23.9 Å². The maximum Gasteiger partial charge on any atom is 0.243 e. The number of aromatic nitrogens is 2. The molecule has 3 heterocycles. The molecule has 156 valence electrons. The zero-order valence-corrected chi connectivity index (χ0v) is 17.7. The highest BCUT2D eigenvalue weighted by molar-refractivity contribution is 7.11. The minimum absolute atomic E-state index is 0.109. The van der Waals surface area contributed by atoms with Crippen LogP contribution in [0.2, 0.25) is 0 Å².